The van der Waals surface area contributed by atoms with Crippen LogP contribution in [0.5, 0.6) is 5.75 Å². The molecule has 0 saturated carbocycles. The van der Waals surface area contributed by atoms with Crippen molar-refractivity contribution < 1.29 is 14.3 Å². The Morgan fingerprint density at radius 1 is 1.06 bits per heavy atom. The van der Waals surface area contributed by atoms with Gasteiger partial charge in [0.05, 0.1) is 13.5 Å². The predicted octanol–water partition coefficient (Wildman–Crippen LogP) is 4.22. The van der Waals surface area contributed by atoms with Crippen molar-refractivity contribution in [3.8, 4) is 5.75 Å². The Labute approximate surface area is 188 Å². The first-order chi connectivity index (χ1) is 15.6. The predicted molar refractivity (Wildman–Crippen MR) is 121 cm³/mol. The minimum absolute atomic E-state index is 0.0180. The third-order valence-corrected chi connectivity index (χ3v) is 5.78. The van der Waals surface area contributed by atoms with Crippen LogP contribution in [0.1, 0.15) is 78.8 Å². The fourth-order valence-corrected chi connectivity index (χ4v) is 3.99. The summed E-state index contributed by atoms with van der Waals surface area (Å²) < 4.78 is 5.22. The van der Waals surface area contributed by atoms with Crippen LogP contribution in [0, 0.1) is 0 Å². The van der Waals surface area contributed by atoms with Crippen LogP contribution in [-0.4, -0.2) is 44.3 Å². The Kier molecular flexibility index (Phi) is 8.71. The summed E-state index contributed by atoms with van der Waals surface area (Å²) in [7, 11) is 1.68. The van der Waals surface area contributed by atoms with E-state index >= 15 is 0 Å². The molecule has 8 heteroatoms. The molecule has 0 spiro atoms. The number of hydrogen-bond donors (Lipinski definition) is 2. The van der Waals surface area contributed by atoms with Crippen molar-refractivity contribution in [2.45, 2.75) is 64.2 Å². The minimum Gasteiger partial charge on any atom is -0.497 e. The van der Waals surface area contributed by atoms with Crippen molar-refractivity contribution in [2.24, 2.45) is 0 Å². The number of Topliss-reactive ketones (excluding diaryl/α,β-unsaturated/α-hetero) is 2. The number of rotatable bonds is 14. The molecule has 0 bridgehead atoms. The summed E-state index contributed by atoms with van der Waals surface area (Å²) in [5.74, 6) is -0.210. The minimum atomic E-state index is -0.719. The molecule has 8 nitrogen and oxygen atoms in total. The van der Waals surface area contributed by atoms with Gasteiger partial charge in [-0.25, -0.2) is 0 Å². The number of aryl methyl sites for hydroxylation is 1. The first kappa shape index (κ1) is 23.4. The van der Waals surface area contributed by atoms with E-state index in [4.69, 9.17) is 4.74 Å². The number of benzene rings is 1. The van der Waals surface area contributed by atoms with Crippen LogP contribution in [0.15, 0.2) is 36.5 Å². The summed E-state index contributed by atoms with van der Waals surface area (Å²) in [6.45, 7) is 2.19. The van der Waals surface area contributed by atoms with Crippen LogP contribution in [0.25, 0.3) is 0 Å². The number of hydrogen-bond acceptors (Lipinski definition) is 6. The van der Waals surface area contributed by atoms with Crippen molar-refractivity contribution in [3.63, 3.8) is 0 Å². The molecule has 0 aliphatic rings. The van der Waals surface area contributed by atoms with Crippen LogP contribution >= 0.6 is 0 Å². The van der Waals surface area contributed by atoms with Crippen molar-refractivity contribution >= 4 is 11.6 Å². The Balaban J connectivity index is 1.58. The largest absolute Gasteiger partial charge is 0.497 e. The number of ketones is 2. The normalized spacial score (nSPS) is 11.9. The van der Waals surface area contributed by atoms with Crippen molar-refractivity contribution in [3.05, 3.63) is 59.2 Å². The molecule has 0 aliphatic heterocycles. The fourth-order valence-electron chi connectivity index (χ4n) is 3.99. The number of H-pyrrole nitrogens is 2. The van der Waals surface area contributed by atoms with Gasteiger partial charge in [-0.15, -0.1) is 10.2 Å². The smallest absolute Gasteiger partial charge is 0.269 e. The van der Waals surface area contributed by atoms with Crippen LogP contribution in [-0.2, 0) is 17.6 Å². The number of tetrazole rings is 1. The molecule has 1 atom stereocenters. The Morgan fingerprint density at radius 2 is 1.84 bits per heavy atom. The molecule has 2 aromatic heterocycles. The molecule has 0 fully saturated rings. The summed E-state index contributed by atoms with van der Waals surface area (Å²) >= 11 is 0. The molecular formula is C24H31N5O3. The summed E-state index contributed by atoms with van der Waals surface area (Å²) in [6, 6.07) is 10.3. The van der Waals surface area contributed by atoms with E-state index in [9.17, 15) is 9.59 Å². The summed E-state index contributed by atoms with van der Waals surface area (Å²) in [4.78, 5) is 27.8. The quantitative estimate of drug-likeness (QED) is 0.222. The molecule has 1 aromatic carbocycles. The number of carbonyl (C=O) groups is 2. The lowest BCUT2D eigenvalue weighted by molar-refractivity contribution is -0.114. The van der Waals surface area contributed by atoms with Gasteiger partial charge in [-0.3, -0.25) is 9.59 Å². The second kappa shape index (κ2) is 11.9. The first-order valence-corrected chi connectivity index (χ1v) is 11.2. The van der Waals surface area contributed by atoms with Gasteiger partial charge in [-0.05, 0) is 66.1 Å². The molecule has 0 aliphatic carbocycles. The highest BCUT2D eigenvalue weighted by Gasteiger charge is 2.24. The zero-order chi connectivity index (χ0) is 22.8. The molecule has 1 unspecified atom stereocenters. The number of unbranched alkanes of at least 4 members (excludes halogenated alkanes) is 2. The highest BCUT2D eigenvalue weighted by atomic mass is 16.5. The molecule has 3 rings (SSSR count). The van der Waals surface area contributed by atoms with E-state index in [-0.39, 0.29) is 12.2 Å². The number of methoxy groups -OCH3 is 1. The van der Waals surface area contributed by atoms with Crippen LogP contribution in [0.3, 0.4) is 0 Å². The number of nitrogens with zero attached hydrogens (tertiary/aromatic N) is 3. The molecule has 170 valence electrons. The van der Waals surface area contributed by atoms with Crippen LogP contribution in [0.4, 0.5) is 0 Å². The van der Waals surface area contributed by atoms with Crippen molar-refractivity contribution in [2.75, 3.05) is 7.11 Å². The van der Waals surface area contributed by atoms with Gasteiger partial charge in [-0.2, -0.15) is 5.21 Å². The van der Waals surface area contributed by atoms with Gasteiger partial charge in [0.25, 0.3) is 5.78 Å². The number of nitrogens with one attached hydrogen (secondary N) is 2. The van der Waals surface area contributed by atoms with Crippen LogP contribution in [0.2, 0.25) is 0 Å². The van der Waals surface area contributed by atoms with Gasteiger partial charge in [0.2, 0.25) is 11.6 Å². The lowest BCUT2D eigenvalue weighted by Crippen LogP contribution is -2.19. The monoisotopic (exact) mass is 437 g/mol. The number of aromatic amines is 2. The summed E-state index contributed by atoms with van der Waals surface area (Å²) in [5.41, 5.74) is 3.25. The maximum absolute atomic E-state index is 12.5. The number of ether oxygens (including phenoxy) is 1. The molecule has 32 heavy (non-hydrogen) atoms. The van der Waals surface area contributed by atoms with Gasteiger partial charge < -0.3 is 9.72 Å². The van der Waals surface area contributed by atoms with Crippen LogP contribution < -0.4 is 4.74 Å². The first-order valence-electron chi connectivity index (χ1n) is 11.2. The summed E-state index contributed by atoms with van der Waals surface area (Å²) in [5, 5.41) is 12.8. The molecule has 2 N–H and O–H groups in total. The van der Waals surface area contributed by atoms with Gasteiger partial charge >= 0.3 is 0 Å². The molecule has 2 heterocycles. The maximum atomic E-state index is 12.5. The van der Waals surface area contributed by atoms with Gasteiger partial charge in [-0.1, -0.05) is 38.3 Å². The van der Waals surface area contributed by atoms with Gasteiger partial charge in [0, 0.05) is 11.9 Å². The Hall–Kier alpha value is -3.29. The lowest BCUT2D eigenvalue weighted by atomic mass is 9.87. The number of aromatic nitrogens is 5. The van der Waals surface area contributed by atoms with E-state index in [1.165, 1.54) is 5.56 Å². The molecule has 3 aromatic rings. The highest BCUT2D eigenvalue weighted by molar-refractivity contribution is 6.43. The average molecular weight is 438 g/mol. The topological polar surface area (TPSA) is 114 Å². The number of carbonyl (C=O) groups excluding carboxylic acids is 2. The maximum Gasteiger partial charge on any atom is 0.269 e. The second-order valence-electron chi connectivity index (χ2n) is 8.01. The van der Waals surface area contributed by atoms with E-state index in [0.29, 0.717) is 5.92 Å². The SMILES string of the molecule is CCCCC(CCCCc1ccc(OC)cc1)c1cc[nH]c1CC(=O)C(=O)c1nn[nH]n1. The highest BCUT2D eigenvalue weighted by Crippen LogP contribution is 2.31. The third kappa shape index (κ3) is 6.35. The van der Waals surface area contributed by atoms with Gasteiger partial charge in [0.1, 0.15) is 5.75 Å². The second-order valence-corrected chi connectivity index (χ2v) is 8.01. The molecule has 0 saturated heterocycles. The molecule has 0 radical (unpaired) electrons. The third-order valence-electron chi connectivity index (χ3n) is 5.78. The standard InChI is InChI=1S/C24H31N5O3/c1-3-4-8-18(9-6-5-7-17-10-12-19(32-2)13-11-17)20-14-15-25-21(20)16-22(30)23(31)24-26-28-29-27-24/h10-15,18,25H,3-9,16H2,1-2H3,(H,26,27,28,29). The Morgan fingerprint density at radius 3 is 2.53 bits per heavy atom. The molecular weight excluding hydrogens is 406 g/mol. The Bertz CT molecular complexity index is 980. The summed E-state index contributed by atoms with van der Waals surface area (Å²) in [6.07, 6.45) is 9.47. The van der Waals surface area contributed by atoms with E-state index < -0.39 is 11.6 Å². The van der Waals surface area contributed by atoms with E-state index in [1.54, 1.807) is 7.11 Å². The average Bonchev–Trinajstić information content (AvgIpc) is 3.51. The van der Waals surface area contributed by atoms with E-state index in [2.05, 4.69) is 44.7 Å². The zero-order valence-electron chi connectivity index (χ0n) is 18.8. The van der Waals surface area contributed by atoms with E-state index in [1.807, 2.05) is 24.4 Å². The zero-order valence-corrected chi connectivity index (χ0v) is 18.8. The fraction of sp³-hybridized carbons (Fsp3) is 0.458. The lowest BCUT2D eigenvalue weighted by Gasteiger charge is -2.18. The van der Waals surface area contributed by atoms with Crippen molar-refractivity contribution in [1.29, 1.82) is 0 Å². The van der Waals surface area contributed by atoms with Gasteiger partial charge in [0.15, 0.2) is 0 Å². The molecule has 0 amide bonds. The van der Waals surface area contributed by atoms with Crippen molar-refractivity contribution in [1.82, 2.24) is 25.6 Å². The van der Waals surface area contributed by atoms with E-state index in [0.717, 1.165) is 62.0 Å².